The zero-order chi connectivity index (χ0) is 13.9. The second kappa shape index (κ2) is 5.31. The van der Waals surface area contributed by atoms with Crippen molar-refractivity contribution in [2.75, 3.05) is 0 Å². The summed E-state index contributed by atoms with van der Waals surface area (Å²) in [6, 6.07) is 18.3. The fourth-order valence-corrected chi connectivity index (χ4v) is 1.88. The van der Waals surface area contributed by atoms with E-state index >= 15 is 0 Å². The van der Waals surface area contributed by atoms with E-state index in [4.69, 9.17) is 4.74 Å². The first-order valence-corrected chi connectivity index (χ1v) is 6.49. The maximum Gasteiger partial charge on any atom is 0.120 e. The summed E-state index contributed by atoms with van der Waals surface area (Å²) in [5, 5.41) is 0. The summed E-state index contributed by atoms with van der Waals surface area (Å²) in [5.41, 5.74) is 3.13. The van der Waals surface area contributed by atoms with E-state index in [0.717, 1.165) is 22.4 Å². The maximum atomic E-state index is 5.81. The largest absolute Gasteiger partial charge is 0.488 e. The molecule has 0 saturated heterocycles. The third kappa shape index (κ3) is 3.72. The van der Waals surface area contributed by atoms with Crippen LogP contribution in [0, 0.1) is 0 Å². The summed E-state index contributed by atoms with van der Waals surface area (Å²) in [6.45, 7) is 10.3. The number of ether oxygens (including phenoxy) is 1. The fraction of sp³-hybridized carbons (Fsp3) is 0.222. The average Bonchev–Trinajstić information content (AvgIpc) is 2.38. The fourth-order valence-electron chi connectivity index (χ4n) is 1.88. The van der Waals surface area contributed by atoms with E-state index in [1.54, 1.807) is 0 Å². The first kappa shape index (κ1) is 13.4. The molecule has 2 aromatic carbocycles. The number of hydrogen-bond acceptors (Lipinski definition) is 1. The molecule has 19 heavy (non-hydrogen) atoms. The van der Waals surface area contributed by atoms with Gasteiger partial charge in [-0.15, -0.1) is 0 Å². The molecular weight excluding hydrogens is 232 g/mol. The van der Waals surface area contributed by atoms with E-state index in [0.29, 0.717) is 0 Å². The van der Waals surface area contributed by atoms with Crippen LogP contribution >= 0.6 is 0 Å². The normalized spacial score (nSPS) is 11.1. The van der Waals surface area contributed by atoms with Crippen molar-refractivity contribution in [2.24, 2.45) is 0 Å². The van der Waals surface area contributed by atoms with Gasteiger partial charge in [-0.2, -0.15) is 0 Å². The first-order valence-electron chi connectivity index (χ1n) is 6.49. The molecule has 0 radical (unpaired) electrons. The van der Waals surface area contributed by atoms with Crippen molar-refractivity contribution < 1.29 is 4.74 Å². The standard InChI is InChI=1S/C18H20O/c1-14(15-8-6-5-7-9-15)16-10-12-17(13-11-16)19-18(2,3)4/h5-13H,1H2,2-4H3. The van der Waals surface area contributed by atoms with E-state index in [1.807, 2.05) is 51.1 Å². The van der Waals surface area contributed by atoms with Crippen molar-refractivity contribution in [3.05, 3.63) is 72.3 Å². The number of rotatable bonds is 3. The predicted molar refractivity (Wildman–Crippen MR) is 81.4 cm³/mol. The van der Waals surface area contributed by atoms with Gasteiger partial charge in [0, 0.05) is 0 Å². The molecular formula is C18H20O. The molecule has 0 N–H and O–H groups in total. The highest BCUT2D eigenvalue weighted by molar-refractivity contribution is 5.78. The van der Waals surface area contributed by atoms with Crippen LogP contribution < -0.4 is 4.74 Å². The van der Waals surface area contributed by atoms with Crippen LogP contribution in [-0.2, 0) is 0 Å². The van der Waals surface area contributed by atoms with Gasteiger partial charge in [-0.1, -0.05) is 49.0 Å². The Hall–Kier alpha value is -2.02. The lowest BCUT2D eigenvalue weighted by Gasteiger charge is -2.21. The summed E-state index contributed by atoms with van der Waals surface area (Å²) in [7, 11) is 0. The lowest BCUT2D eigenvalue weighted by Crippen LogP contribution is -2.22. The Bertz CT molecular complexity index is 544. The van der Waals surface area contributed by atoms with Crippen LogP contribution in [-0.4, -0.2) is 5.60 Å². The minimum atomic E-state index is -0.169. The lowest BCUT2D eigenvalue weighted by molar-refractivity contribution is 0.131. The van der Waals surface area contributed by atoms with Crippen molar-refractivity contribution in [1.82, 2.24) is 0 Å². The Kier molecular flexibility index (Phi) is 3.75. The zero-order valence-electron chi connectivity index (χ0n) is 11.8. The van der Waals surface area contributed by atoms with Crippen molar-refractivity contribution in [3.63, 3.8) is 0 Å². The minimum Gasteiger partial charge on any atom is -0.488 e. The summed E-state index contributed by atoms with van der Waals surface area (Å²) in [6.07, 6.45) is 0. The Morgan fingerprint density at radius 1 is 0.842 bits per heavy atom. The van der Waals surface area contributed by atoms with Crippen LogP contribution in [0.1, 0.15) is 31.9 Å². The third-order valence-corrected chi connectivity index (χ3v) is 2.75. The highest BCUT2D eigenvalue weighted by atomic mass is 16.5. The van der Waals surface area contributed by atoms with Crippen molar-refractivity contribution in [2.45, 2.75) is 26.4 Å². The SMILES string of the molecule is C=C(c1ccccc1)c1ccc(OC(C)(C)C)cc1. The summed E-state index contributed by atoms with van der Waals surface area (Å²) < 4.78 is 5.81. The molecule has 1 heteroatoms. The van der Waals surface area contributed by atoms with Gasteiger partial charge < -0.3 is 4.74 Å². The highest BCUT2D eigenvalue weighted by Gasteiger charge is 2.11. The van der Waals surface area contributed by atoms with Gasteiger partial charge >= 0.3 is 0 Å². The molecule has 0 atom stereocenters. The molecule has 0 aliphatic heterocycles. The molecule has 0 aromatic heterocycles. The Morgan fingerprint density at radius 3 is 1.89 bits per heavy atom. The van der Waals surface area contributed by atoms with E-state index in [9.17, 15) is 0 Å². The topological polar surface area (TPSA) is 9.23 Å². The molecule has 0 aliphatic rings. The van der Waals surface area contributed by atoms with Gasteiger partial charge in [-0.3, -0.25) is 0 Å². The molecule has 2 aromatic rings. The number of benzene rings is 2. The van der Waals surface area contributed by atoms with Crippen LogP contribution in [0.2, 0.25) is 0 Å². The molecule has 1 nitrogen and oxygen atoms in total. The Labute approximate surface area is 115 Å². The lowest BCUT2D eigenvalue weighted by atomic mass is 10.00. The Balaban J connectivity index is 2.17. The summed E-state index contributed by atoms with van der Waals surface area (Å²) >= 11 is 0. The number of hydrogen-bond donors (Lipinski definition) is 0. The highest BCUT2D eigenvalue weighted by Crippen LogP contribution is 2.25. The summed E-state index contributed by atoms with van der Waals surface area (Å²) in [4.78, 5) is 0. The second-order valence-corrected chi connectivity index (χ2v) is 5.58. The molecule has 0 unspecified atom stereocenters. The maximum absolute atomic E-state index is 5.81. The van der Waals surface area contributed by atoms with E-state index in [2.05, 4.69) is 30.8 Å². The quantitative estimate of drug-likeness (QED) is 0.753. The van der Waals surface area contributed by atoms with E-state index < -0.39 is 0 Å². The monoisotopic (exact) mass is 252 g/mol. The van der Waals surface area contributed by atoms with Crippen molar-refractivity contribution in [3.8, 4) is 5.75 Å². The van der Waals surface area contributed by atoms with Crippen molar-refractivity contribution in [1.29, 1.82) is 0 Å². The van der Waals surface area contributed by atoms with Gasteiger partial charge in [0.1, 0.15) is 11.4 Å². The van der Waals surface area contributed by atoms with Gasteiger partial charge in [0.05, 0.1) is 0 Å². The van der Waals surface area contributed by atoms with Crippen molar-refractivity contribution >= 4 is 5.57 Å². The molecule has 0 spiro atoms. The van der Waals surface area contributed by atoms with Crippen LogP contribution in [0.25, 0.3) is 5.57 Å². The van der Waals surface area contributed by atoms with Gasteiger partial charge in [0.25, 0.3) is 0 Å². The minimum absolute atomic E-state index is 0.169. The molecule has 0 saturated carbocycles. The van der Waals surface area contributed by atoms with Gasteiger partial charge in [0.15, 0.2) is 0 Å². The molecule has 0 heterocycles. The molecule has 0 bridgehead atoms. The molecule has 2 rings (SSSR count). The molecule has 98 valence electrons. The van der Waals surface area contributed by atoms with Gasteiger partial charge in [-0.05, 0) is 49.6 Å². The smallest absolute Gasteiger partial charge is 0.120 e. The molecule has 0 aliphatic carbocycles. The second-order valence-electron chi connectivity index (χ2n) is 5.58. The predicted octanol–water partition coefficient (Wildman–Crippen LogP) is 4.93. The summed E-state index contributed by atoms with van der Waals surface area (Å²) in [5.74, 6) is 0.886. The van der Waals surface area contributed by atoms with Gasteiger partial charge in [-0.25, -0.2) is 0 Å². The Morgan fingerprint density at radius 2 is 1.37 bits per heavy atom. The first-order chi connectivity index (χ1) is 8.96. The zero-order valence-corrected chi connectivity index (χ0v) is 11.8. The van der Waals surface area contributed by atoms with E-state index in [1.165, 1.54) is 0 Å². The third-order valence-electron chi connectivity index (χ3n) is 2.75. The van der Waals surface area contributed by atoms with Crippen LogP contribution in [0.3, 0.4) is 0 Å². The van der Waals surface area contributed by atoms with Gasteiger partial charge in [0.2, 0.25) is 0 Å². The van der Waals surface area contributed by atoms with Crippen LogP contribution in [0.4, 0.5) is 0 Å². The van der Waals surface area contributed by atoms with E-state index in [-0.39, 0.29) is 5.60 Å². The van der Waals surface area contributed by atoms with Crippen LogP contribution in [0.5, 0.6) is 5.75 Å². The average molecular weight is 252 g/mol. The van der Waals surface area contributed by atoms with Crippen LogP contribution in [0.15, 0.2) is 61.2 Å². The molecule has 0 amide bonds. The molecule has 0 fully saturated rings.